The molecule has 0 fully saturated rings. The van der Waals surface area contributed by atoms with Crippen LogP contribution in [-0.2, 0) is 5.41 Å². The van der Waals surface area contributed by atoms with Crippen LogP contribution >= 0.6 is 11.6 Å². The van der Waals surface area contributed by atoms with Gasteiger partial charge in [-0.1, -0.05) is 32.4 Å². The van der Waals surface area contributed by atoms with E-state index in [0.29, 0.717) is 10.9 Å². The molecule has 0 bridgehead atoms. The zero-order valence-electron chi connectivity index (χ0n) is 8.45. The van der Waals surface area contributed by atoms with E-state index < -0.39 is 0 Å². The third kappa shape index (κ3) is 1.48. The van der Waals surface area contributed by atoms with E-state index in [-0.39, 0.29) is 5.41 Å². The zero-order chi connectivity index (χ0) is 10.3. The van der Waals surface area contributed by atoms with Crippen molar-refractivity contribution in [2.24, 2.45) is 0 Å². The minimum Gasteiger partial charge on any atom is -0.274 e. The molecule has 0 aliphatic heterocycles. The Kier molecular flexibility index (Phi) is 2.00. The summed E-state index contributed by atoms with van der Waals surface area (Å²) in [5.41, 5.74) is 1.22. The van der Waals surface area contributed by atoms with Gasteiger partial charge in [-0.3, -0.25) is 4.40 Å². The normalized spacial score (nSPS) is 12.3. The Bertz CT molecular complexity index is 468. The average Bonchev–Trinajstić information content (AvgIpc) is 2.46. The van der Waals surface area contributed by atoms with Crippen molar-refractivity contribution in [1.82, 2.24) is 14.4 Å². The maximum atomic E-state index is 5.96. The van der Waals surface area contributed by atoms with Gasteiger partial charge in [0.1, 0.15) is 5.15 Å². The second-order valence-corrected chi connectivity index (χ2v) is 4.73. The molecule has 0 N–H and O–H groups in total. The molecule has 2 aromatic rings. The lowest BCUT2D eigenvalue weighted by atomic mass is 9.89. The number of aromatic nitrogens is 3. The second-order valence-electron chi connectivity index (χ2n) is 4.34. The number of nitrogens with zero attached hydrogens (tertiary/aromatic N) is 3. The maximum Gasteiger partial charge on any atom is 0.234 e. The van der Waals surface area contributed by atoms with Crippen molar-refractivity contribution in [3.8, 4) is 0 Å². The van der Waals surface area contributed by atoms with Gasteiger partial charge in [0, 0.05) is 12.4 Å². The van der Waals surface area contributed by atoms with Crippen LogP contribution < -0.4 is 0 Å². The van der Waals surface area contributed by atoms with Gasteiger partial charge < -0.3 is 0 Å². The molecular weight excluding hydrogens is 198 g/mol. The standard InChI is InChI=1S/C10H12ClN3/c1-10(2,3)7-4-12-9-13-5-8(11)14(9)6-7/h4-6H,1-3H3. The molecule has 14 heavy (non-hydrogen) atoms. The van der Waals surface area contributed by atoms with Crippen molar-refractivity contribution in [3.63, 3.8) is 0 Å². The monoisotopic (exact) mass is 209 g/mol. The van der Waals surface area contributed by atoms with E-state index in [1.807, 2.05) is 12.4 Å². The Labute approximate surface area is 87.8 Å². The van der Waals surface area contributed by atoms with E-state index in [4.69, 9.17) is 11.6 Å². The Balaban J connectivity index is 2.66. The third-order valence-electron chi connectivity index (χ3n) is 2.19. The van der Waals surface area contributed by atoms with E-state index in [1.54, 1.807) is 10.6 Å². The topological polar surface area (TPSA) is 30.2 Å². The fraction of sp³-hybridized carbons (Fsp3) is 0.400. The predicted octanol–water partition coefficient (Wildman–Crippen LogP) is 2.68. The summed E-state index contributed by atoms with van der Waals surface area (Å²) in [5.74, 6) is 0.642. The van der Waals surface area contributed by atoms with Gasteiger partial charge in [0.05, 0.1) is 6.20 Å². The lowest BCUT2D eigenvalue weighted by Crippen LogP contribution is -2.12. The molecule has 0 aliphatic rings. The summed E-state index contributed by atoms with van der Waals surface area (Å²) in [4.78, 5) is 8.30. The third-order valence-corrected chi connectivity index (χ3v) is 2.47. The van der Waals surface area contributed by atoms with Crippen LogP contribution in [0.2, 0.25) is 5.15 Å². The van der Waals surface area contributed by atoms with Gasteiger partial charge in [0.25, 0.3) is 0 Å². The summed E-state index contributed by atoms with van der Waals surface area (Å²) < 4.78 is 1.79. The summed E-state index contributed by atoms with van der Waals surface area (Å²) in [6, 6.07) is 0. The first kappa shape index (κ1) is 9.46. The number of fused-ring (bicyclic) bond motifs is 1. The molecule has 3 nitrogen and oxygen atoms in total. The predicted molar refractivity (Wildman–Crippen MR) is 56.7 cm³/mol. The molecule has 0 amide bonds. The van der Waals surface area contributed by atoms with Crippen LogP contribution in [0.1, 0.15) is 26.3 Å². The largest absolute Gasteiger partial charge is 0.274 e. The minimum atomic E-state index is 0.0782. The fourth-order valence-corrected chi connectivity index (χ4v) is 1.41. The minimum absolute atomic E-state index is 0.0782. The first-order valence-electron chi connectivity index (χ1n) is 4.47. The van der Waals surface area contributed by atoms with Gasteiger partial charge in [-0.15, -0.1) is 0 Å². The van der Waals surface area contributed by atoms with Gasteiger partial charge in [0.15, 0.2) is 0 Å². The SMILES string of the molecule is CC(C)(C)c1cnc2ncc(Cl)n2c1. The Morgan fingerprint density at radius 3 is 2.50 bits per heavy atom. The lowest BCUT2D eigenvalue weighted by molar-refractivity contribution is 0.583. The molecule has 0 saturated heterocycles. The van der Waals surface area contributed by atoms with Crippen LogP contribution in [0.5, 0.6) is 0 Å². The van der Waals surface area contributed by atoms with E-state index >= 15 is 0 Å². The Hall–Kier alpha value is -1.09. The second kappa shape index (κ2) is 2.95. The Morgan fingerprint density at radius 1 is 1.21 bits per heavy atom. The summed E-state index contributed by atoms with van der Waals surface area (Å²) in [6.07, 6.45) is 5.44. The molecule has 0 unspecified atom stereocenters. The van der Waals surface area contributed by atoms with E-state index in [1.165, 1.54) is 0 Å². The molecule has 0 spiro atoms. The molecule has 0 saturated carbocycles. The quantitative estimate of drug-likeness (QED) is 0.668. The van der Waals surface area contributed by atoms with Crippen LogP contribution in [-0.4, -0.2) is 14.4 Å². The molecular formula is C10H12ClN3. The summed E-state index contributed by atoms with van der Waals surface area (Å²) in [7, 11) is 0. The van der Waals surface area contributed by atoms with Crippen LogP contribution in [0.3, 0.4) is 0 Å². The summed E-state index contributed by atoms with van der Waals surface area (Å²) in [6.45, 7) is 6.42. The molecule has 2 aromatic heterocycles. The molecule has 2 heterocycles. The van der Waals surface area contributed by atoms with Crippen LogP contribution in [0.4, 0.5) is 0 Å². The highest BCUT2D eigenvalue weighted by molar-refractivity contribution is 6.29. The highest BCUT2D eigenvalue weighted by atomic mass is 35.5. The molecule has 0 aliphatic carbocycles. The molecule has 4 heteroatoms. The molecule has 0 radical (unpaired) electrons. The summed E-state index contributed by atoms with van der Waals surface area (Å²) in [5, 5.41) is 0.596. The molecule has 0 aromatic carbocycles. The summed E-state index contributed by atoms with van der Waals surface area (Å²) >= 11 is 5.96. The number of halogens is 1. The van der Waals surface area contributed by atoms with Gasteiger partial charge in [-0.05, 0) is 11.0 Å². The van der Waals surface area contributed by atoms with Crippen LogP contribution in [0.15, 0.2) is 18.6 Å². The Morgan fingerprint density at radius 2 is 1.86 bits per heavy atom. The highest BCUT2D eigenvalue weighted by Crippen LogP contribution is 2.22. The molecule has 2 rings (SSSR count). The zero-order valence-corrected chi connectivity index (χ0v) is 9.21. The van der Waals surface area contributed by atoms with E-state index in [0.717, 1.165) is 5.56 Å². The number of hydrogen-bond acceptors (Lipinski definition) is 2. The first-order valence-corrected chi connectivity index (χ1v) is 4.85. The fourth-order valence-electron chi connectivity index (χ4n) is 1.23. The average molecular weight is 210 g/mol. The van der Waals surface area contributed by atoms with Crippen molar-refractivity contribution < 1.29 is 0 Å². The van der Waals surface area contributed by atoms with Crippen molar-refractivity contribution in [2.45, 2.75) is 26.2 Å². The maximum absolute atomic E-state index is 5.96. The van der Waals surface area contributed by atoms with Gasteiger partial charge >= 0.3 is 0 Å². The van der Waals surface area contributed by atoms with E-state index in [2.05, 4.69) is 30.7 Å². The molecule has 74 valence electrons. The van der Waals surface area contributed by atoms with Gasteiger partial charge in [-0.2, -0.15) is 0 Å². The number of imidazole rings is 1. The van der Waals surface area contributed by atoms with Crippen LogP contribution in [0, 0.1) is 0 Å². The van der Waals surface area contributed by atoms with Gasteiger partial charge in [-0.25, -0.2) is 9.97 Å². The highest BCUT2D eigenvalue weighted by Gasteiger charge is 2.15. The number of hydrogen-bond donors (Lipinski definition) is 0. The van der Waals surface area contributed by atoms with E-state index in [9.17, 15) is 0 Å². The molecule has 0 atom stereocenters. The van der Waals surface area contributed by atoms with Crippen molar-refractivity contribution >= 4 is 17.4 Å². The lowest BCUT2D eigenvalue weighted by Gasteiger charge is -2.18. The van der Waals surface area contributed by atoms with Crippen molar-refractivity contribution in [1.29, 1.82) is 0 Å². The smallest absolute Gasteiger partial charge is 0.234 e. The van der Waals surface area contributed by atoms with Crippen LogP contribution in [0.25, 0.3) is 5.78 Å². The van der Waals surface area contributed by atoms with Crippen molar-refractivity contribution in [3.05, 3.63) is 29.3 Å². The van der Waals surface area contributed by atoms with Crippen molar-refractivity contribution in [2.75, 3.05) is 0 Å². The van der Waals surface area contributed by atoms with Gasteiger partial charge in [0.2, 0.25) is 5.78 Å². The first-order chi connectivity index (χ1) is 6.48. The number of rotatable bonds is 0.